The van der Waals surface area contributed by atoms with Gasteiger partial charge in [-0.15, -0.1) is 0 Å². The Morgan fingerprint density at radius 3 is 2.81 bits per heavy atom. The Bertz CT molecular complexity index is 1070. The number of carbonyl (C=O) groups is 1. The van der Waals surface area contributed by atoms with Gasteiger partial charge in [0.1, 0.15) is 5.75 Å². The molecule has 1 saturated heterocycles. The summed E-state index contributed by atoms with van der Waals surface area (Å²) >= 11 is 5.81. The molecule has 2 aromatic heterocycles. The Kier molecular flexibility index (Phi) is 6.43. The summed E-state index contributed by atoms with van der Waals surface area (Å²) in [6.07, 6.45) is 9.29. The SMILES string of the molecule is CC1CN(C(=O)Nc2cccnc2)CC/C1=C\c1cccc(Oc2ncc(Cl)cn2)c1. The number of pyridine rings is 1. The summed E-state index contributed by atoms with van der Waals surface area (Å²) < 4.78 is 5.72. The number of piperidine rings is 1. The first-order valence-corrected chi connectivity index (χ1v) is 10.4. The zero-order valence-electron chi connectivity index (χ0n) is 17.0. The number of ether oxygens (including phenoxy) is 1. The van der Waals surface area contributed by atoms with Crippen LogP contribution in [0.15, 0.2) is 66.8 Å². The maximum Gasteiger partial charge on any atom is 0.321 e. The molecule has 1 atom stereocenters. The average molecular weight is 436 g/mol. The highest BCUT2D eigenvalue weighted by atomic mass is 35.5. The normalized spacial score (nSPS) is 17.4. The van der Waals surface area contributed by atoms with Crippen LogP contribution in [0.25, 0.3) is 6.08 Å². The highest BCUT2D eigenvalue weighted by molar-refractivity contribution is 6.30. The molecule has 1 aliphatic rings. The molecule has 2 amide bonds. The van der Waals surface area contributed by atoms with Crippen LogP contribution in [0.5, 0.6) is 11.8 Å². The number of amides is 2. The van der Waals surface area contributed by atoms with Crippen molar-refractivity contribution in [2.24, 2.45) is 5.92 Å². The van der Waals surface area contributed by atoms with Crippen LogP contribution in [0.4, 0.5) is 10.5 Å². The van der Waals surface area contributed by atoms with E-state index in [0.29, 0.717) is 29.5 Å². The second-order valence-corrected chi connectivity index (χ2v) is 7.78. The largest absolute Gasteiger partial charge is 0.424 e. The van der Waals surface area contributed by atoms with Crippen molar-refractivity contribution < 1.29 is 9.53 Å². The summed E-state index contributed by atoms with van der Waals surface area (Å²) in [6, 6.07) is 11.5. The maximum atomic E-state index is 12.5. The molecule has 0 radical (unpaired) electrons. The molecule has 3 aromatic rings. The summed E-state index contributed by atoms with van der Waals surface area (Å²) in [7, 11) is 0. The molecule has 0 spiro atoms. The Hall–Kier alpha value is -3.45. The van der Waals surface area contributed by atoms with E-state index in [0.717, 1.165) is 12.0 Å². The third-order valence-corrected chi connectivity index (χ3v) is 5.21. The number of halogens is 1. The lowest BCUT2D eigenvalue weighted by Crippen LogP contribution is -2.42. The number of urea groups is 1. The standard InChI is InChI=1S/C23H22ClN5O2/c1-16-15-29(23(30)28-20-5-3-8-25-14-20)9-7-18(16)10-17-4-2-6-21(11-17)31-22-26-12-19(24)13-27-22/h2-6,8,10-14,16H,7,9,15H2,1H3,(H,28,30)/b18-10+. The minimum atomic E-state index is -0.0998. The summed E-state index contributed by atoms with van der Waals surface area (Å²) in [5.41, 5.74) is 3.02. The van der Waals surface area contributed by atoms with Gasteiger partial charge in [0, 0.05) is 19.3 Å². The Morgan fingerprint density at radius 1 is 1.23 bits per heavy atom. The molecule has 8 heteroatoms. The smallest absolute Gasteiger partial charge is 0.321 e. The van der Waals surface area contributed by atoms with Crippen molar-refractivity contribution in [2.75, 3.05) is 18.4 Å². The third kappa shape index (κ3) is 5.58. The van der Waals surface area contributed by atoms with E-state index in [9.17, 15) is 4.79 Å². The summed E-state index contributed by atoms with van der Waals surface area (Å²) in [4.78, 5) is 26.5. The van der Waals surface area contributed by atoms with E-state index in [1.54, 1.807) is 18.5 Å². The van der Waals surface area contributed by atoms with Gasteiger partial charge in [-0.25, -0.2) is 14.8 Å². The Morgan fingerprint density at radius 2 is 2.06 bits per heavy atom. The molecule has 1 fully saturated rings. The van der Waals surface area contributed by atoms with Crippen LogP contribution in [0.3, 0.4) is 0 Å². The van der Waals surface area contributed by atoms with Crippen molar-refractivity contribution in [2.45, 2.75) is 13.3 Å². The van der Waals surface area contributed by atoms with Gasteiger partial charge in [0.25, 0.3) is 0 Å². The van der Waals surface area contributed by atoms with Crippen molar-refractivity contribution in [3.05, 3.63) is 77.3 Å². The second kappa shape index (κ2) is 9.57. The third-order valence-electron chi connectivity index (χ3n) is 5.01. The fourth-order valence-corrected chi connectivity index (χ4v) is 3.53. The van der Waals surface area contributed by atoms with Crippen LogP contribution in [-0.2, 0) is 0 Å². The number of nitrogens with one attached hydrogen (secondary N) is 1. The van der Waals surface area contributed by atoms with Crippen LogP contribution in [0.2, 0.25) is 5.02 Å². The number of aromatic nitrogens is 3. The van der Waals surface area contributed by atoms with Gasteiger partial charge < -0.3 is 15.0 Å². The number of rotatable bonds is 4. The molecule has 7 nitrogen and oxygen atoms in total. The second-order valence-electron chi connectivity index (χ2n) is 7.35. The number of nitrogens with zero attached hydrogens (tertiary/aromatic N) is 4. The van der Waals surface area contributed by atoms with Gasteiger partial charge in [-0.05, 0) is 42.2 Å². The molecule has 3 heterocycles. The zero-order chi connectivity index (χ0) is 21.6. The zero-order valence-corrected chi connectivity index (χ0v) is 17.8. The van der Waals surface area contributed by atoms with Crippen LogP contribution >= 0.6 is 11.6 Å². The number of benzene rings is 1. The van der Waals surface area contributed by atoms with E-state index in [2.05, 4.69) is 33.3 Å². The van der Waals surface area contributed by atoms with Crippen LogP contribution < -0.4 is 10.1 Å². The van der Waals surface area contributed by atoms with Gasteiger partial charge in [-0.1, -0.05) is 42.3 Å². The molecular weight excluding hydrogens is 414 g/mol. The molecule has 1 aromatic carbocycles. The molecule has 0 saturated carbocycles. The first-order chi connectivity index (χ1) is 15.1. The molecule has 31 heavy (non-hydrogen) atoms. The summed E-state index contributed by atoms with van der Waals surface area (Å²) in [5, 5.41) is 3.36. The van der Waals surface area contributed by atoms with Gasteiger partial charge in [-0.2, -0.15) is 0 Å². The van der Waals surface area contributed by atoms with E-state index in [1.165, 1.54) is 18.0 Å². The molecule has 0 aliphatic carbocycles. The predicted octanol–water partition coefficient (Wildman–Crippen LogP) is 5.27. The molecule has 1 N–H and O–H groups in total. The predicted molar refractivity (Wildman–Crippen MR) is 120 cm³/mol. The van der Waals surface area contributed by atoms with Crippen molar-refractivity contribution in [1.82, 2.24) is 19.9 Å². The van der Waals surface area contributed by atoms with E-state index in [4.69, 9.17) is 16.3 Å². The van der Waals surface area contributed by atoms with Crippen LogP contribution in [-0.4, -0.2) is 39.0 Å². The molecule has 1 unspecified atom stereocenters. The fraction of sp³-hybridized carbons (Fsp3) is 0.217. The number of anilines is 1. The highest BCUT2D eigenvalue weighted by Gasteiger charge is 2.24. The monoisotopic (exact) mass is 435 g/mol. The van der Waals surface area contributed by atoms with E-state index < -0.39 is 0 Å². The summed E-state index contributed by atoms with van der Waals surface area (Å²) in [5.74, 6) is 0.898. The highest BCUT2D eigenvalue weighted by Crippen LogP contribution is 2.27. The summed E-state index contributed by atoms with van der Waals surface area (Å²) in [6.45, 7) is 3.46. The number of hydrogen-bond acceptors (Lipinski definition) is 5. The number of hydrogen-bond donors (Lipinski definition) is 1. The van der Waals surface area contributed by atoms with E-state index in [1.807, 2.05) is 35.2 Å². The maximum absolute atomic E-state index is 12.5. The van der Waals surface area contributed by atoms with Gasteiger partial charge in [0.05, 0.1) is 29.3 Å². The Balaban J connectivity index is 1.39. The molecule has 4 rings (SSSR count). The Labute approximate surface area is 185 Å². The van der Waals surface area contributed by atoms with Crippen molar-refractivity contribution in [1.29, 1.82) is 0 Å². The van der Waals surface area contributed by atoms with E-state index in [-0.39, 0.29) is 18.0 Å². The number of carbonyl (C=O) groups excluding carboxylic acids is 1. The quantitative estimate of drug-likeness (QED) is 0.603. The minimum absolute atomic E-state index is 0.0998. The molecule has 158 valence electrons. The van der Waals surface area contributed by atoms with Crippen molar-refractivity contribution >= 4 is 29.4 Å². The van der Waals surface area contributed by atoms with Gasteiger partial charge in [0.15, 0.2) is 0 Å². The van der Waals surface area contributed by atoms with E-state index >= 15 is 0 Å². The van der Waals surface area contributed by atoms with Crippen LogP contribution in [0.1, 0.15) is 18.9 Å². The van der Waals surface area contributed by atoms with Gasteiger partial charge >= 0.3 is 12.0 Å². The molecule has 0 bridgehead atoms. The minimum Gasteiger partial charge on any atom is -0.424 e. The topological polar surface area (TPSA) is 80.2 Å². The van der Waals surface area contributed by atoms with Crippen molar-refractivity contribution in [3.8, 4) is 11.8 Å². The lowest BCUT2D eigenvalue weighted by molar-refractivity contribution is 0.198. The number of likely N-dealkylation sites (tertiary alicyclic amines) is 1. The lowest BCUT2D eigenvalue weighted by Gasteiger charge is -2.33. The first kappa shape index (κ1) is 20.8. The van der Waals surface area contributed by atoms with Crippen LogP contribution in [0, 0.1) is 5.92 Å². The first-order valence-electron chi connectivity index (χ1n) is 9.99. The van der Waals surface area contributed by atoms with Crippen molar-refractivity contribution in [3.63, 3.8) is 0 Å². The van der Waals surface area contributed by atoms with Gasteiger partial charge in [-0.3, -0.25) is 4.98 Å². The average Bonchev–Trinajstić information content (AvgIpc) is 2.78. The van der Waals surface area contributed by atoms with Gasteiger partial charge in [0.2, 0.25) is 0 Å². The molecule has 1 aliphatic heterocycles. The molecular formula is C23H22ClN5O2. The fourth-order valence-electron chi connectivity index (χ4n) is 3.43. The lowest BCUT2D eigenvalue weighted by atomic mass is 9.91.